The molecule has 0 heterocycles. The van der Waals surface area contributed by atoms with Crippen LogP contribution in [-0.4, -0.2) is 5.78 Å². The Morgan fingerprint density at radius 3 is 2.14 bits per heavy atom. The minimum absolute atomic E-state index is 0.0734. The number of rotatable bonds is 7. The summed E-state index contributed by atoms with van der Waals surface area (Å²) in [5, 5.41) is 0. The minimum Gasteiger partial charge on any atom is -0.489 e. The number of Topliss-reactive ketones (excluding diaryl/α,β-unsaturated/α-hetero) is 1. The fourth-order valence-corrected chi connectivity index (χ4v) is 2.14. The van der Waals surface area contributed by atoms with E-state index in [1.165, 1.54) is 18.4 Å². The Morgan fingerprint density at radius 1 is 0.952 bits per heavy atom. The molecule has 2 heteroatoms. The van der Waals surface area contributed by atoms with Crippen LogP contribution in [0.25, 0.3) is 0 Å². The number of hydrogen-bond acceptors (Lipinski definition) is 2. The second kappa shape index (κ2) is 7.63. The largest absolute Gasteiger partial charge is 0.489 e. The van der Waals surface area contributed by atoms with E-state index in [9.17, 15) is 4.79 Å². The number of ether oxygens (including phenoxy) is 1. The highest BCUT2D eigenvalue weighted by molar-refractivity contribution is 5.94. The third-order valence-electron chi connectivity index (χ3n) is 3.51. The number of carbonyl (C=O) groups is 1. The van der Waals surface area contributed by atoms with E-state index in [0.29, 0.717) is 12.2 Å². The molecule has 110 valence electrons. The van der Waals surface area contributed by atoms with Crippen LogP contribution in [0.1, 0.15) is 48.2 Å². The van der Waals surface area contributed by atoms with Gasteiger partial charge in [-0.3, -0.25) is 4.79 Å². The highest BCUT2D eigenvalue weighted by Gasteiger charge is 2.00. The standard InChI is InChI=1S/C19H22O2/c1-3-4-5-16-6-8-17(9-7-16)14-21-19-12-10-18(11-13-19)15(2)20/h6-13H,3-5,14H2,1-2H3. The summed E-state index contributed by atoms with van der Waals surface area (Å²) in [5.41, 5.74) is 3.25. The molecule has 21 heavy (non-hydrogen) atoms. The van der Waals surface area contributed by atoms with Crippen LogP contribution in [0.2, 0.25) is 0 Å². The lowest BCUT2D eigenvalue weighted by atomic mass is 10.1. The van der Waals surface area contributed by atoms with Gasteiger partial charge in [-0.05, 0) is 55.2 Å². The van der Waals surface area contributed by atoms with E-state index in [-0.39, 0.29) is 5.78 Å². The van der Waals surface area contributed by atoms with Crippen molar-refractivity contribution in [2.45, 2.75) is 39.7 Å². The van der Waals surface area contributed by atoms with Crippen LogP contribution >= 0.6 is 0 Å². The number of unbranched alkanes of at least 4 members (excludes halogenated alkanes) is 1. The van der Waals surface area contributed by atoms with Crippen molar-refractivity contribution in [3.8, 4) is 5.75 Å². The molecule has 0 saturated heterocycles. The van der Waals surface area contributed by atoms with Crippen molar-refractivity contribution in [3.63, 3.8) is 0 Å². The third kappa shape index (κ3) is 4.75. The highest BCUT2D eigenvalue weighted by atomic mass is 16.5. The van der Waals surface area contributed by atoms with Gasteiger partial charge in [0.1, 0.15) is 12.4 Å². The third-order valence-corrected chi connectivity index (χ3v) is 3.51. The maximum Gasteiger partial charge on any atom is 0.159 e. The topological polar surface area (TPSA) is 26.3 Å². The molecule has 0 N–H and O–H groups in total. The smallest absolute Gasteiger partial charge is 0.159 e. The van der Waals surface area contributed by atoms with Gasteiger partial charge in [-0.15, -0.1) is 0 Å². The zero-order valence-corrected chi connectivity index (χ0v) is 12.8. The van der Waals surface area contributed by atoms with Crippen molar-refractivity contribution < 1.29 is 9.53 Å². The summed E-state index contributed by atoms with van der Waals surface area (Å²) in [6.45, 7) is 4.32. The van der Waals surface area contributed by atoms with E-state index in [1.807, 2.05) is 12.1 Å². The Morgan fingerprint density at radius 2 is 1.57 bits per heavy atom. The van der Waals surface area contributed by atoms with Gasteiger partial charge in [-0.1, -0.05) is 37.6 Å². The summed E-state index contributed by atoms with van der Waals surface area (Å²) < 4.78 is 5.74. The molecule has 2 aromatic carbocycles. The van der Waals surface area contributed by atoms with E-state index >= 15 is 0 Å². The summed E-state index contributed by atoms with van der Waals surface area (Å²) in [7, 11) is 0. The first-order valence-corrected chi connectivity index (χ1v) is 7.50. The van der Waals surface area contributed by atoms with Crippen LogP contribution in [0.3, 0.4) is 0 Å². The van der Waals surface area contributed by atoms with Crippen LogP contribution < -0.4 is 4.74 Å². The number of carbonyl (C=O) groups excluding carboxylic acids is 1. The van der Waals surface area contributed by atoms with Crippen LogP contribution in [0.15, 0.2) is 48.5 Å². The molecule has 0 unspecified atom stereocenters. The number of ketones is 1. The maximum atomic E-state index is 11.2. The van der Waals surface area contributed by atoms with E-state index < -0.39 is 0 Å². The zero-order valence-electron chi connectivity index (χ0n) is 12.8. The lowest BCUT2D eigenvalue weighted by molar-refractivity contribution is 0.101. The Kier molecular flexibility index (Phi) is 5.56. The summed E-state index contributed by atoms with van der Waals surface area (Å²) in [5.74, 6) is 0.860. The Labute approximate surface area is 126 Å². The summed E-state index contributed by atoms with van der Waals surface area (Å²) in [4.78, 5) is 11.2. The maximum absolute atomic E-state index is 11.2. The van der Waals surface area contributed by atoms with Gasteiger partial charge in [0.05, 0.1) is 0 Å². The summed E-state index contributed by atoms with van der Waals surface area (Å²) in [6.07, 6.45) is 3.60. The lowest BCUT2D eigenvalue weighted by Crippen LogP contribution is -1.97. The van der Waals surface area contributed by atoms with Gasteiger partial charge < -0.3 is 4.74 Å². The molecule has 0 aromatic heterocycles. The number of hydrogen-bond donors (Lipinski definition) is 0. The molecule has 0 radical (unpaired) electrons. The van der Waals surface area contributed by atoms with Crippen LogP contribution in [0, 0.1) is 0 Å². The van der Waals surface area contributed by atoms with Crippen molar-refractivity contribution in [2.75, 3.05) is 0 Å². The molecule has 0 atom stereocenters. The number of aryl methyl sites for hydroxylation is 1. The first-order chi connectivity index (χ1) is 10.2. The van der Waals surface area contributed by atoms with Crippen molar-refractivity contribution >= 4 is 5.78 Å². The first-order valence-electron chi connectivity index (χ1n) is 7.50. The lowest BCUT2D eigenvalue weighted by Gasteiger charge is -2.07. The fraction of sp³-hybridized carbons (Fsp3) is 0.316. The van der Waals surface area contributed by atoms with Crippen molar-refractivity contribution in [1.82, 2.24) is 0 Å². The molecule has 0 amide bonds. The molecule has 2 nitrogen and oxygen atoms in total. The van der Waals surface area contributed by atoms with Gasteiger partial charge in [0.2, 0.25) is 0 Å². The van der Waals surface area contributed by atoms with Gasteiger partial charge in [-0.2, -0.15) is 0 Å². The minimum atomic E-state index is 0.0734. The molecule has 0 aliphatic heterocycles. The van der Waals surface area contributed by atoms with E-state index in [2.05, 4.69) is 31.2 Å². The molecule has 0 aliphatic rings. The predicted molar refractivity (Wildman–Crippen MR) is 85.8 cm³/mol. The van der Waals surface area contributed by atoms with Gasteiger partial charge in [-0.25, -0.2) is 0 Å². The van der Waals surface area contributed by atoms with Gasteiger partial charge >= 0.3 is 0 Å². The van der Waals surface area contributed by atoms with Crippen LogP contribution in [0.4, 0.5) is 0 Å². The van der Waals surface area contributed by atoms with Crippen molar-refractivity contribution in [3.05, 3.63) is 65.2 Å². The summed E-state index contributed by atoms with van der Waals surface area (Å²) >= 11 is 0. The van der Waals surface area contributed by atoms with Crippen molar-refractivity contribution in [2.24, 2.45) is 0 Å². The molecule has 0 saturated carbocycles. The quantitative estimate of drug-likeness (QED) is 0.681. The Balaban J connectivity index is 1.88. The molecule has 0 spiro atoms. The highest BCUT2D eigenvalue weighted by Crippen LogP contribution is 2.15. The normalized spacial score (nSPS) is 10.4. The second-order valence-electron chi connectivity index (χ2n) is 5.29. The molecule has 2 aromatic rings. The second-order valence-corrected chi connectivity index (χ2v) is 5.29. The molecule has 0 fully saturated rings. The monoisotopic (exact) mass is 282 g/mol. The van der Waals surface area contributed by atoms with Gasteiger partial charge in [0, 0.05) is 5.56 Å². The first kappa shape index (κ1) is 15.3. The average molecular weight is 282 g/mol. The van der Waals surface area contributed by atoms with Gasteiger partial charge in [0.15, 0.2) is 5.78 Å². The SMILES string of the molecule is CCCCc1ccc(COc2ccc(C(C)=O)cc2)cc1. The fourth-order valence-electron chi connectivity index (χ4n) is 2.14. The van der Waals surface area contributed by atoms with E-state index in [1.54, 1.807) is 19.1 Å². The summed E-state index contributed by atoms with van der Waals surface area (Å²) in [6, 6.07) is 15.9. The average Bonchev–Trinajstić information content (AvgIpc) is 2.52. The molecule has 2 rings (SSSR count). The number of benzene rings is 2. The van der Waals surface area contributed by atoms with E-state index in [4.69, 9.17) is 4.74 Å². The van der Waals surface area contributed by atoms with Crippen LogP contribution in [-0.2, 0) is 13.0 Å². The Hall–Kier alpha value is -2.09. The molecular weight excluding hydrogens is 260 g/mol. The Bertz CT molecular complexity index is 568. The molecule has 0 bridgehead atoms. The molecule has 0 aliphatic carbocycles. The predicted octanol–water partition coefficient (Wildman–Crippen LogP) is 4.81. The van der Waals surface area contributed by atoms with Gasteiger partial charge in [0.25, 0.3) is 0 Å². The zero-order chi connectivity index (χ0) is 15.1. The van der Waals surface area contributed by atoms with Crippen LogP contribution in [0.5, 0.6) is 5.75 Å². The van der Waals surface area contributed by atoms with E-state index in [0.717, 1.165) is 17.7 Å². The van der Waals surface area contributed by atoms with Crippen molar-refractivity contribution in [1.29, 1.82) is 0 Å². The molecular formula is C19H22O2.